The Morgan fingerprint density at radius 3 is 2.48 bits per heavy atom. The van der Waals surface area contributed by atoms with E-state index in [-0.39, 0.29) is 17.8 Å². The van der Waals surface area contributed by atoms with Crippen molar-refractivity contribution in [3.63, 3.8) is 0 Å². The smallest absolute Gasteiger partial charge is 0.225 e. The standard InChI is InChI=1S/C17H17FN4O/c1-10-7-11(2)20-17(19-10)22-8-14-15(9-22)23-21-16(14)12-3-5-13(18)6-4-12/h3-7,14-15H,8-9H2,1-2H3. The van der Waals surface area contributed by atoms with Crippen LogP contribution in [0.2, 0.25) is 0 Å². The van der Waals surface area contributed by atoms with Crippen LogP contribution in [0.1, 0.15) is 17.0 Å². The van der Waals surface area contributed by atoms with Crippen LogP contribution in [0.15, 0.2) is 35.5 Å². The minimum Gasteiger partial charge on any atom is -0.390 e. The van der Waals surface area contributed by atoms with Crippen LogP contribution >= 0.6 is 0 Å². The predicted octanol–water partition coefficient (Wildman–Crippen LogP) is 2.47. The third-order valence-electron chi connectivity index (χ3n) is 4.30. The first-order valence-corrected chi connectivity index (χ1v) is 7.67. The topological polar surface area (TPSA) is 50.6 Å². The molecule has 2 aliphatic heterocycles. The Kier molecular flexibility index (Phi) is 3.25. The first-order valence-electron chi connectivity index (χ1n) is 7.67. The fraction of sp³-hybridized carbons (Fsp3) is 0.353. The van der Waals surface area contributed by atoms with Crippen LogP contribution in [-0.2, 0) is 4.84 Å². The Morgan fingerprint density at radius 1 is 1.09 bits per heavy atom. The summed E-state index contributed by atoms with van der Waals surface area (Å²) in [6.07, 6.45) is -0.000489. The summed E-state index contributed by atoms with van der Waals surface area (Å²) in [5.41, 5.74) is 3.69. The van der Waals surface area contributed by atoms with Crippen molar-refractivity contribution in [1.29, 1.82) is 0 Å². The molecule has 2 aliphatic rings. The molecule has 1 aromatic heterocycles. The Bertz CT molecular complexity index is 754. The molecule has 0 spiro atoms. The SMILES string of the molecule is Cc1cc(C)nc(N2CC3ON=C(c4ccc(F)cc4)C3C2)n1. The van der Waals surface area contributed by atoms with E-state index in [9.17, 15) is 4.39 Å². The quantitative estimate of drug-likeness (QED) is 0.855. The third kappa shape index (κ3) is 2.54. The van der Waals surface area contributed by atoms with Crippen molar-refractivity contribution < 1.29 is 9.23 Å². The Balaban J connectivity index is 1.58. The number of rotatable bonds is 2. The van der Waals surface area contributed by atoms with E-state index < -0.39 is 0 Å². The molecule has 5 nitrogen and oxygen atoms in total. The summed E-state index contributed by atoms with van der Waals surface area (Å²) in [6, 6.07) is 8.35. The van der Waals surface area contributed by atoms with Crippen molar-refractivity contribution in [3.8, 4) is 0 Å². The molecule has 4 rings (SSSR count). The molecule has 1 saturated heterocycles. The molecule has 1 fully saturated rings. The van der Waals surface area contributed by atoms with Gasteiger partial charge in [0, 0.05) is 23.5 Å². The van der Waals surface area contributed by atoms with Crippen molar-refractivity contribution in [1.82, 2.24) is 9.97 Å². The number of hydrogen-bond donors (Lipinski definition) is 0. The van der Waals surface area contributed by atoms with Gasteiger partial charge in [-0.25, -0.2) is 14.4 Å². The fourth-order valence-electron chi connectivity index (χ4n) is 3.23. The molecule has 6 heteroatoms. The average molecular weight is 312 g/mol. The molecular weight excluding hydrogens is 295 g/mol. The summed E-state index contributed by atoms with van der Waals surface area (Å²) in [5, 5.41) is 4.21. The van der Waals surface area contributed by atoms with E-state index in [1.165, 1.54) is 12.1 Å². The maximum atomic E-state index is 13.1. The van der Waals surface area contributed by atoms with Crippen molar-refractivity contribution in [2.45, 2.75) is 20.0 Å². The molecule has 2 aromatic rings. The zero-order valence-electron chi connectivity index (χ0n) is 13.0. The van der Waals surface area contributed by atoms with E-state index >= 15 is 0 Å². The average Bonchev–Trinajstić information content (AvgIpc) is 3.07. The number of hydrogen-bond acceptors (Lipinski definition) is 5. The Hall–Kier alpha value is -2.50. The highest BCUT2D eigenvalue weighted by molar-refractivity contribution is 6.03. The fourth-order valence-corrected chi connectivity index (χ4v) is 3.23. The minimum absolute atomic E-state index is 0.000489. The normalized spacial score (nSPS) is 22.7. The molecular formula is C17H17FN4O. The van der Waals surface area contributed by atoms with Gasteiger partial charge in [-0.05, 0) is 32.0 Å². The first kappa shape index (κ1) is 14.1. The number of anilines is 1. The lowest BCUT2D eigenvalue weighted by Crippen LogP contribution is -2.25. The van der Waals surface area contributed by atoms with E-state index in [0.29, 0.717) is 6.54 Å². The maximum Gasteiger partial charge on any atom is 0.225 e. The van der Waals surface area contributed by atoms with Gasteiger partial charge in [0.1, 0.15) is 5.82 Å². The number of fused-ring (bicyclic) bond motifs is 1. The summed E-state index contributed by atoms with van der Waals surface area (Å²) in [6.45, 7) is 5.40. The summed E-state index contributed by atoms with van der Waals surface area (Å²) in [4.78, 5) is 16.8. The first-order chi connectivity index (χ1) is 11.1. The second kappa shape index (κ2) is 5.30. The van der Waals surface area contributed by atoms with Gasteiger partial charge in [-0.15, -0.1) is 0 Å². The number of benzene rings is 1. The second-order valence-electron chi connectivity index (χ2n) is 6.09. The van der Waals surface area contributed by atoms with Gasteiger partial charge in [0.2, 0.25) is 5.95 Å². The summed E-state index contributed by atoms with van der Waals surface area (Å²) >= 11 is 0. The van der Waals surface area contributed by atoms with Gasteiger partial charge in [0.05, 0.1) is 18.2 Å². The lowest BCUT2D eigenvalue weighted by atomic mass is 9.95. The molecule has 0 radical (unpaired) electrons. The van der Waals surface area contributed by atoms with Crippen LogP contribution in [-0.4, -0.2) is 34.9 Å². The summed E-state index contributed by atoms with van der Waals surface area (Å²) in [7, 11) is 0. The number of aryl methyl sites for hydroxylation is 2. The van der Waals surface area contributed by atoms with E-state index in [2.05, 4.69) is 20.0 Å². The van der Waals surface area contributed by atoms with Crippen LogP contribution < -0.4 is 4.90 Å². The van der Waals surface area contributed by atoms with E-state index in [1.54, 1.807) is 12.1 Å². The zero-order chi connectivity index (χ0) is 16.0. The molecule has 0 amide bonds. The van der Waals surface area contributed by atoms with Crippen LogP contribution in [0.5, 0.6) is 0 Å². The molecule has 0 bridgehead atoms. The number of oxime groups is 1. The van der Waals surface area contributed by atoms with Gasteiger partial charge in [0.15, 0.2) is 6.10 Å². The number of halogens is 1. The van der Waals surface area contributed by atoms with Crippen LogP contribution in [0.25, 0.3) is 0 Å². The van der Waals surface area contributed by atoms with E-state index in [1.807, 2.05) is 19.9 Å². The van der Waals surface area contributed by atoms with Gasteiger partial charge in [-0.3, -0.25) is 0 Å². The van der Waals surface area contributed by atoms with Gasteiger partial charge < -0.3 is 9.74 Å². The molecule has 2 atom stereocenters. The van der Waals surface area contributed by atoms with Crippen LogP contribution in [0.3, 0.4) is 0 Å². The van der Waals surface area contributed by atoms with Crippen molar-refractivity contribution in [2.75, 3.05) is 18.0 Å². The molecule has 23 heavy (non-hydrogen) atoms. The zero-order valence-corrected chi connectivity index (χ0v) is 13.0. The van der Waals surface area contributed by atoms with Crippen molar-refractivity contribution in [2.24, 2.45) is 11.1 Å². The lowest BCUT2D eigenvalue weighted by molar-refractivity contribution is 0.0853. The van der Waals surface area contributed by atoms with Crippen molar-refractivity contribution in [3.05, 3.63) is 53.1 Å². The maximum absolute atomic E-state index is 13.1. The minimum atomic E-state index is -0.249. The largest absolute Gasteiger partial charge is 0.390 e. The lowest BCUT2D eigenvalue weighted by Gasteiger charge is -2.17. The van der Waals surface area contributed by atoms with E-state index in [0.717, 1.165) is 35.2 Å². The van der Waals surface area contributed by atoms with Gasteiger partial charge in [-0.2, -0.15) is 0 Å². The molecule has 2 unspecified atom stereocenters. The molecule has 3 heterocycles. The Labute approximate surface area is 133 Å². The third-order valence-corrected chi connectivity index (χ3v) is 4.30. The van der Waals surface area contributed by atoms with Crippen LogP contribution in [0, 0.1) is 25.6 Å². The van der Waals surface area contributed by atoms with Crippen LogP contribution in [0.4, 0.5) is 10.3 Å². The Morgan fingerprint density at radius 2 is 1.78 bits per heavy atom. The molecule has 118 valence electrons. The predicted molar refractivity (Wildman–Crippen MR) is 85.0 cm³/mol. The highest BCUT2D eigenvalue weighted by atomic mass is 19.1. The van der Waals surface area contributed by atoms with Crippen molar-refractivity contribution >= 4 is 11.7 Å². The highest BCUT2D eigenvalue weighted by Crippen LogP contribution is 2.31. The van der Waals surface area contributed by atoms with Gasteiger partial charge in [-0.1, -0.05) is 17.3 Å². The molecule has 0 saturated carbocycles. The van der Waals surface area contributed by atoms with Gasteiger partial charge in [0.25, 0.3) is 0 Å². The molecule has 1 aromatic carbocycles. The second-order valence-corrected chi connectivity index (χ2v) is 6.09. The highest BCUT2D eigenvalue weighted by Gasteiger charge is 2.43. The number of nitrogens with zero attached hydrogens (tertiary/aromatic N) is 4. The van der Waals surface area contributed by atoms with E-state index in [4.69, 9.17) is 4.84 Å². The monoisotopic (exact) mass is 312 g/mol. The number of aromatic nitrogens is 2. The summed E-state index contributed by atoms with van der Waals surface area (Å²) < 4.78 is 13.1. The molecule has 0 aliphatic carbocycles. The summed E-state index contributed by atoms with van der Waals surface area (Å²) in [5.74, 6) is 0.644. The molecule has 0 N–H and O–H groups in total. The van der Waals surface area contributed by atoms with Gasteiger partial charge >= 0.3 is 0 Å².